The summed E-state index contributed by atoms with van der Waals surface area (Å²) in [5.74, 6) is -0.852. The second kappa shape index (κ2) is 11.5. The lowest BCUT2D eigenvalue weighted by atomic mass is 10.1. The van der Waals surface area contributed by atoms with Crippen molar-refractivity contribution in [2.75, 3.05) is 49.5 Å². The Hall–Kier alpha value is -3.62. The summed E-state index contributed by atoms with van der Waals surface area (Å²) in [4.78, 5) is 42.6. The van der Waals surface area contributed by atoms with Gasteiger partial charge in [-0.05, 0) is 63.2 Å². The summed E-state index contributed by atoms with van der Waals surface area (Å²) < 4.78 is 13.4. The Balaban J connectivity index is 1.52. The minimum atomic E-state index is -0.419. The molecule has 0 aliphatic carbocycles. The van der Waals surface area contributed by atoms with E-state index in [0.29, 0.717) is 44.0 Å². The van der Waals surface area contributed by atoms with Crippen LogP contribution < -0.4 is 15.5 Å². The third kappa shape index (κ3) is 6.46. The molecule has 0 saturated carbocycles. The Morgan fingerprint density at radius 2 is 1.71 bits per heavy atom. The average Bonchev–Trinajstić information content (AvgIpc) is 2.82. The number of anilines is 2. The number of urea groups is 1. The lowest BCUT2D eigenvalue weighted by Crippen LogP contribution is -2.48. The van der Waals surface area contributed by atoms with Gasteiger partial charge in [0.1, 0.15) is 12.4 Å². The first-order valence-corrected chi connectivity index (χ1v) is 11.5. The van der Waals surface area contributed by atoms with E-state index >= 15 is 0 Å². The maximum atomic E-state index is 13.4. The lowest BCUT2D eigenvalue weighted by molar-refractivity contribution is -0.117. The number of rotatable bonds is 7. The molecule has 2 aromatic rings. The molecule has 1 heterocycles. The minimum Gasteiger partial charge on any atom is -0.368 e. The number of benzene rings is 2. The molecule has 0 spiro atoms. The highest BCUT2D eigenvalue weighted by Gasteiger charge is 2.23. The summed E-state index contributed by atoms with van der Waals surface area (Å²) in [7, 11) is 0. The fourth-order valence-electron chi connectivity index (χ4n) is 3.82. The highest BCUT2D eigenvalue weighted by atomic mass is 19.1. The molecule has 34 heavy (non-hydrogen) atoms. The number of hydrogen-bond acceptors (Lipinski definition) is 4. The van der Waals surface area contributed by atoms with Gasteiger partial charge < -0.3 is 25.3 Å². The number of nitrogens with zero attached hydrogens (tertiary/aromatic N) is 3. The van der Waals surface area contributed by atoms with Crippen molar-refractivity contribution in [3.8, 4) is 0 Å². The summed E-state index contributed by atoms with van der Waals surface area (Å²) in [6.45, 7) is 8.42. The molecule has 3 rings (SSSR count). The standard InChI is InChI=1S/C25H32FN5O3/c1-4-27-25(34)31(18(2)3)17-23(32)28-21-8-10-22(11-9-21)29-12-14-30(15-13-29)24(33)19-6-5-7-20(26)16-19/h5-11,16,18H,4,12-15,17H2,1-3H3,(H,27,34)(H,28,32). The van der Waals surface area contributed by atoms with Crippen LogP contribution in [0, 0.1) is 5.82 Å². The van der Waals surface area contributed by atoms with Gasteiger partial charge in [0.2, 0.25) is 5.91 Å². The highest BCUT2D eigenvalue weighted by Crippen LogP contribution is 2.20. The first kappa shape index (κ1) is 25.0. The second-order valence-electron chi connectivity index (χ2n) is 8.44. The molecular formula is C25H32FN5O3. The van der Waals surface area contributed by atoms with Crippen molar-refractivity contribution in [3.05, 3.63) is 59.9 Å². The summed E-state index contributed by atoms with van der Waals surface area (Å²) in [6, 6.07) is 12.9. The predicted molar refractivity (Wildman–Crippen MR) is 131 cm³/mol. The molecule has 2 aromatic carbocycles. The maximum absolute atomic E-state index is 13.4. The molecule has 8 nitrogen and oxygen atoms in total. The van der Waals surface area contributed by atoms with E-state index in [1.807, 2.05) is 45.0 Å². The fourth-order valence-corrected chi connectivity index (χ4v) is 3.82. The number of carbonyl (C=O) groups excluding carboxylic acids is 3. The molecule has 4 amide bonds. The molecule has 9 heteroatoms. The molecule has 0 bridgehead atoms. The van der Waals surface area contributed by atoms with Crippen molar-refractivity contribution in [2.24, 2.45) is 0 Å². The van der Waals surface area contributed by atoms with Crippen molar-refractivity contribution in [2.45, 2.75) is 26.8 Å². The van der Waals surface area contributed by atoms with Crippen LogP contribution in [0.5, 0.6) is 0 Å². The van der Waals surface area contributed by atoms with Crippen LogP contribution in [0.3, 0.4) is 0 Å². The summed E-state index contributed by atoms with van der Waals surface area (Å²) in [6.07, 6.45) is 0. The van der Waals surface area contributed by atoms with Crippen molar-refractivity contribution in [1.29, 1.82) is 0 Å². The average molecular weight is 470 g/mol. The smallest absolute Gasteiger partial charge is 0.318 e. The largest absolute Gasteiger partial charge is 0.368 e. The van der Waals surface area contributed by atoms with Gasteiger partial charge in [-0.3, -0.25) is 9.59 Å². The Kier molecular flexibility index (Phi) is 8.45. The van der Waals surface area contributed by atoms with Crippen LogP contribution >= 0.6 is 0 Å². The van der Waals surface area contributed by atoms with Gasteiger partial charge in [-0.15, -0.1) is 0 Å². The highest BCUT2D eigenvalue weighted by molar-refractivity contribution is 5.95. The fraction of sp³-hybridized carbons (Fsp3) is 0.400. The molecule has 1 aliphatic rings. The Morgan fingerprint density at radius 3 is 2.29 bits per heavy atom. The molecular weight excluding hydrogens is 437 g/mol. The number of nitrogens with one attached hydrogen (secondary N) is 2. The Morgan fingerprint density at radius 1 is 1.03 bits per heavy atom. The Labute approximate surface area is 199 Å². The predicted octanol–water partition coefficient (Wildman–Crippen LogP) is 3.17. The number of halogens is 1. The zero-order chi connectivity index (χ0) is 24.7. The Bertz CT molecular complexity index is 1000. The molecule has 0 unspecified atom stereocenters. The maximum Gasteiger partial charge on any atom is 0.318 e. The van der Waals surface area contributed by atoms with E-state index in [0.717, 1.165) is 5.69 Å². The molecule has 1 aliphatic heterocycles. The minimum absolute atomic E-state index is 0.0352. The topological polar surface area (TPSA) is 85.0 Å². The van der Waals surface area contributed by atoms with Crippen LogP contribution in [0.1, 0.15) is 31.1 Å². The zero-order valence-electron chi connectivity index (χ0n) is 19.9. The SMILES string of the molecule is CCNC(=O)N(CC(=O)Nc1ccc(N2CCN(C(=O)c3cccc(F)c3)CC2)cc1)C(C)C. The van der Waals surface area contributed by atoms with E-state index in [1.54, 1.807) is 17.0 Å². The van der Waals surface area contributed by atoms with E-state index in [-0.39, 0.29) is 30.4 Å². The van der Waals surface area contributed by atoms with Crippen molar-refractivity contribution >= 4 is 29.2 Å². The lowest BCUT2D eigenvalue weighted by Gasteiger charge is -2.36. The first-order valence-electron chi connectivity index (χ1n) is 11.5. The molecule has 0 aromatic heterocycles. The quantitative estimate of drug-likeness (QED) is 0.652. The van der Waals surface area contributed by atoms with E-state index in [2.05, 4.69) is 15.5 Å². The van der Waals surface area contributed by atoms with Crippen LogP contribution in [-0.4, -0.2) is 73.0 Å². The molecule has 0 radical (unpaired) electrons. The van der Waals surface area contributed by atoms with Crippen molar-refractivity contribution < 1.29 is 18.8 Å². The van der Waals surface area contributed by atoms with Gasteiger partial charge >= 0.3 is 6.03 Å². The number of hydrogen-bond donors (Lipinski definition) is 2. The van der Waals surface area contributed by atoms with Gasteiger partial charge in [0.25, 0.3) is 5.91 Å². The first-order chi connectivity index (χ1) is 16.3. The summed E-state index contributed by atoms with van der Waals surface area (Å²) >= 11 is 0. The second-order valence-corrected chi connectivity index (χ2v) is 8.44. The van der Waals surface area contributed by atoms with Crippen LogP contribution in [0.2, 0.25) is 0 Å². The molecule has 1 fully saturated rings. The summed E-state index contributed by atoms with van der Waals surface area (Å²) in [5, 5.41) is 5.56. The third-order valence-corrected chi connectivity index (χ3v) is 5.68. The van der Waals surface area contributed by atoms with Crippen molar-refractivity contribution in [3.63, 3.8) is 0 Å². The van der Waals surface area contributed by atoms with Crippen molar-refractivity contribution in [1.82, 2.24) is 15.1 Å². The van der Waals surface area contributed by atoms with Gasteiger partial charge in [0.05, 0.1) is 0 Å². The summed E-state index contributed by atoms with van der Waals surface area (Å²) in [5.41, 5.74) is 1.99. The van der Waals surface area contributed by atoms with Crippen LogP contribution in [0.25, 0.3) is 0 Å². The van der Waals surface area contributed by atoms with E-state index in [9.17, 15) is 18.8 Å². The number of piperazine rings is 1. The van der Waals surface area contributed by atoms with E-state index < -0.39 is 5.82 Å². The van der Waals surface area contributed by atoms with Gasteiger partial charge in [-0.1, -0.05) is 6.07 Å². The van der Waals surface area contributed by atoms with Gasteiger partial charge in [0.15, 0.2) is 0 Å². The molecule has 182 valence electrons. The zero-order valence-corrected chi connectivity index (χ0v) is 19.9. The normalized spacial score (nSPS) is 13.6. The van der Waals surface area contributed by atoms with Gasteiger partial charge in [0, 0.05) is 55.7 Å². The molecule has 2 N–H and O–H groups in total. The number of carbonyl (C=O) groups is 3. The van der Waals surface area contributed by atoms with E-state index in [4.69, 9.17) is 0 Å². The molecule has 1 saturated heterocycles. The van der Waals surface area contributed by atoms with Crippen LogP contribution in [0.15, 0.2) is 48.5 Å². The monoisotopic (exact) mass is 469 g/mol. The van der Waals surface area contributed by atoms with Crippen LogP contribution in [0.4, 0.5) is 20.6 Å². The number of amides is 4. The molecule has 0 atom stereocenters. The third-order valence-electron chi connectivity index (χ3n) is 5.68. The van der Waals surface area contributed by atoms with Gasteiger partial charge in [-0.2, -0.15) is 0 Å². The van der Waals surface area contributed by atoms with Gasteiger partial charge in [-0.25, -0.2) is 9.18 Å². The van der Waals surface area contributed by atoms with E-state index in [1.165, 1.54) is 17.0 Å². The van der Waals surface area contributed by atoms with Crippen LogP contribution in [-0.2, 0) is 4.79 Å².